The van der Waals surface area contributed by atoms with E-state index in [0.717, 1.165) is 29.5 Å². The van der Waals surface area contributed by atoms with Gasteiger partial charge in [-0.2, -0.15) is 4.31 Å². The third kappa shape index (κ3) is 4.61. The van der Waals surface area contributed by atoms with Crippen molar-refractivity contribution >= 4 is 21.6 Å². The molecule has 4 rings (SSSR count). The Balaban J connectivity index is 1.42. The number of sulfonamides is 1. The van der Waals surface area contributed by atoms with E-state index in [-0.39, 0.29) is 17.2 Å². The number of hydrogen-bond donors (Lipinski definition) is 1. The number of anilines is 1. The number of carbonyl (C=O) groups is 1. The molecular formula is C24H24N2O3S. The average Bonchev–Trinajstić information content (AvgIpc) is 3.31. The Bertz CT molecular complexity index is 1120. The minimum Gasteiger partial charge on any atom is -0.326 e. The number of nitrogens with one attached hydrogen (secondary N) is 1. The molecule has 0 atom stereocenters. The number of hydrogen-bond acceptors (Lipinski definition) is 3. The molecule has 5 nitrogen and oxygen atoms in total. The van der Waals surface area contributed by atoms with Crippen molar-refractivity contribution in [3.8, 4) is 11.1 Å². The third-order valence-electron chi connectivity index (χ3n) is 5.25. The van der Waals surface area contributed by atoms with Gasteiger partial charge in [-0.1, -0.05) is 60.7 Å². The van der Waals surface area contributed by atoms with Crippen molar-refractivity contribution < 1.29 is 13.2 Å². The Morgan fingerprint density at radius 2 is 1.50 bits per heavy atom. The van der Waals surface area contributed by atoms with Crippen LogP contribution in [0.2, 0.25) is 0 Å². The van der Waals surface area contributed by atoms with Gasteiger partial charge in [-0.05, 0) is 47.7 Å². The van der Waals surface area contributed by atoms with E-state index in [0.29, 0.717) is 18.8 Å². The van der Waals surface area contributed by atoms with Gasteiger partial charge in [-0.15, -0.1) is 0 Å². The topological polar surface area (TPSA) is 66.5 Å². The lowest BCUT2D eigenvalue weighted by Crippen LogP contribution is -2.28. The molecule has 154 valence electrons. The molecule has 0 bridgehead atoms. The van der Waals surface area contributed by atoms with E-state index >= 15 is 0 Å². The van der Waals surface area contributed by atoms with Crippen molar-refractivity contribution in [2.45, 2.75) is 24.2 Å². The summed E-state index contributed by atoms with van der Waals surface area (Å²) in [7, 11) is -3.50. The van der Waals surface area contributed by atoms with Crippen molar-refractivity contribution in [1.82, 2.24) is 4.31 Å². The van der Waals surface area contributed by atoms with E-state index in [9.17, 15) is 13.2 Å². The summed E-state index contributed by atoms with van der Waals surface area (Å²) in [5.74, 6) is -0.182. The molecule has 3 aromatic rings. The predicted molar refractivity (Wildman–Crippen MR) is 119 cm³/mol. The Morgan fingerprint density at radius 3 is 2.20 bits per heavy atom. The normalized spacial score (nSPS) is 14.5. The first-order valence-corrected chi connectivity index (χ1v) is 11.5. The predicted octanol–water partition coefficient (Wildman–Crippen LogP) is 4.32. The van der Waals surface area contributed by atoms with Crippen LogP contribution in [0.5, 0.6) is 0 Å². The molecule has 1 aliphatic heterocycles. The molecule has 1 saturated heterocycles. The van der Waals surface area contributed by atoms with Crippen molar-refractivity contribution in [3.05, 3.63) is 84.4 Å². The van der Waals surface area contributed by atoms with Gasteiger partial charge in [0, 0.05) is 18.8 Å². The maximum Gasteiger partial charge on any atom is 0.243 e. The van der Waals surface area contributed by atoms with Crippen LogP contribution < -0.4 is 5.32 Å². The third-order valence-corrected chi connectivity index (χ3v) is 7.14. The molecule has 0 saturated carbocycles. The summed E-state index contributed by atoms with van der Waals surface area (Å²) in [6.45, 7) is 1.11. The zero-order valence-electron chi connectivity index (χ0n) is 16.6. The van der Waals surface area contributed by atoms with Gasteiger partial charge < -0.3 is 5.32 Å². The van der Waals surface area contributed by atoms with Crippen LogP contribution in [0.15, 0.2) is 83.8 Å². The summed E-state index contributed by atoms with van der Waals surface area (Å²) in [6, 6.07) is 24.4. The lowest BCUT2D eigenvalue weighted by atomic mass is 10.0. The van der Waals surface area contributed by atoms with Crippen LogP contribution >= 0.6 is 0 Å². The van der Waals surface area contributed by atoms with Gasteiger partial charge >= 0.3 is 0 Å². The highest BCUT2D eigenvalue weighted by Crippen LogP contribution is 2.23. The van der Waals surface area contributed by atoms with Crippen molar-refractivity contribution in [1.29, 1.82) is 0 Å². The van der Waals surface area contributed by atoms with Gasteiger partial charge in [-0.25, -0.2) is 8.42 Å². The number of benzene rings is 3. The molecule has 1 aliphatic rings. The van der Waals surface area contributed by atoms with Crippen molar-refractivity contribution in [3.63, 3.8) is 0 Å². The van der Waals surface area contributed by atoms with Gasteiger partial charge in [0.2, 0.25) is 15.9 Å². The van der Waals surface area contributed by atoms with Crippen molar-refractivity contribution in [2.24, 2.45) is 0 Å². The number of nitrogens with zero attached hydrogens (tertiary/aromatic N) is 1. The average molecular weight is 421 g/mol. The van der Waals surface area contributed by atoms with Crippen LogP contribution in [0.3, 0.4) is 0 Å². The van der Waals surface area contributed by atoms with Gasteiger partial charge in [0.15, 0.2) is 0 Å². The molecule has 0 spiro atoms. The molecule has 6 heteroatoms. The van der Waals surface area contributed by atoms with Crippen LogP contribution in [0.25, 0.3) is 11.1 Å². The summed E-state index contributed by atoms with van der Waals surface area (Å²) < 4.78 is 27.0. The molecule has 3 aromatic carbocycles. The van der Waals surface area contributed by atoms with E-state index in [2.05, 4.69) is 5.32 Å². The quantitative estimate of drug-likeness (QED) is 0.646. The highest BCUT2D eigenvalue weighted by atomic mass is 32.2. The number of carbonyl (C=O) groups excluding carboxylic acids is 1. The molecule has 0 aliphatic carbocycles. The monoisotopic (exact) mass is 420 g/mol. The lowest BCUT2D eigenvalue weighted by molar-refractivity contribution is -0.115. The van der Waals surface area contributed by atoms with Crippen molar-refractivity contribution in [2.75, 3.05) is 18.4 Å². The molecule has 1 heterocycles. The highest BCUT2D eigenvalue weighted by molar-refractivity contribution is 7.89. The maximum atomic E-state index is 12.7. The summed E-state index contributed by atoms with van der Waals surface area (Å²) in [5, 5.41) is 2.82. The number of rotatable bonds is 6. The second-order valence-corrected chi connectivity index (χ2v) is 9.36. The molecular weight excluding hydrogens is 396 g/mol. The van der Waals surface area contributed by atoms with Gasteiger partial charge in [0.25, 0.3) is 0 Å². The zero-order chi connectivity index (χ0) is 21.0. The Hall–Kier alpha value is -2.96. The summed E-state index contributed by atoms with van der Waals surface area (Å²) in [6.07, 6.45) is 2.00. The van der Waals surface area contributed by atoms with Gasteiger partial charge in [0.1, 0.15) is 0 Å². The van der Waals surface area contributed by atoms with Gasteiger partial charge in [-0.3, -0.25) is 4.79 Å². The first-order chi connectivity index (χ1) is 14.5. The molecule has 1 fully saturated rings. The molecule has 1 N–H and O–H groups in total. The summed E-state index contributed by atoms with van der Waals surface area (Å²) >= 11 is 0. The SMILES string of the molecule is O=C(Cc1ccc(-c2ccccc2)cc1)Nc1cccc(S(=O)(=O)N2CCCC2)c1. The fourth-order valence-electron chi connectivity index (χ4n) is 3.65. The summed E-state index contributed by atoms with van der Waals surface area (Å²) in [5.41, 5.74) is 3.61. The molecule has 1 amide bonds. The largest absolute Gasteiger partial charge is 0.326 e. The van der Waals surface area contributed by atoms with Crippen LogP contribution in [0, 0.1) is 0 Å². The van der Waals surface area contributed by atoms with E-state index in [1.165, 1.54) is 10.4 Å². The second kappa shape index (κ2) is 8.81. The maximum absolute atomic E-state index is 12.7. The Kier molecular flexibility index (Phi) is 5.97. The van der Waals surface area contributed by atoms with E-state index in [4.69, 9.17) is 0 Å². The van der Waals surface area contributed by atoms with Crippen LogP contribution in [-0.2, 0) is 21.2 Å². The smallest absolute Gasteiger partial charge is 0.243 e. The highest BCUT2D eigenvalue weighted by Gasteiger charge is 2.27. The second-order valence-electron chi connectivity index (χ2n) is 7.43. The Labute approximate surface area is 177 Å². The minimum absolute atomic E-state index is 0.182. The van der Waals surface area contributed by atoms with E-state index in [1.807, 2.05) is 54.6 Å². The fraction of sp³-hybridized carbons (Fsp3) is 0.208. The molecule has 0 unspecified atom stereocenters. The summed E-state index contributed by atoms with van der Waals surface area (Å²) in [4.78, 5) is 12.7. The zero-order valence-corrected chi connectivity index (χ0v) is 17.4. The molecule has 30 heavy (non-hydrogen) atoms. The van der Waals surface area contributed by atoms with Gasteiger partial charge in [0.05, 0.1) is 11.3 Å². The Morgan fingerprint density at radius 1 is 0.833 bits per heavy atom. The van der Waals surface area contributed by atoms with Crippen LogP contribution in [0.4, 0.5) is 5.69 Å². The first kappa shape index (κ1) is 20.3. The van der Waals surface area contributed by atoms with Crippen LogP contribution in [-0.4, -0.2) is 31.7 Å². The molecule has 0 aromatic heterocycles. The van der Waals surface area contributed by atoms with E-state index in [1.54, 1.807) is 18.2 Å². The first-order valence-electron chi connectivity index (χ1n) is 10.1. The fourth-order valence-corrected chi connectivity index (χ4v) is 5.21. The minimum atomic E-state index is -3.50. The standard InChI is InChI=1S/C24H24N2O3S/c27-24(17-19-11-13-21(14-12-19)20-7-2-1-3-8-20)25-22-9-6-10-23(18-22)30(28,29)26-15-4-5-16-26/h1-3,6-14,18H,4-5,15-17H2,(H,25,27). The molecule has 0 radical (unpaired) electrons. The van der Waals surface area contributed by atoms with Crippen LogP contribution in [0.1, 0.15) is 18.4 Å². The lowest BCUT2D eigenvalue weighted by Gasteiger charge is -2.16. The number of amides is 1. The van der Waals surface area contributed by atoms with E-state index < -0.39 is 10.0 Å².